The van der Waals surface area contributed by atoms with Crippen LogP contribution in [0.3, 0.4) is 0 Å². The van der Waals surface area contributed by atoms with Crippen LogP contribution >= 0.6 is 0 Å². The van der Waals surface area contributed by atoms with Gasteiger partial charge in [0.05, 0.1) is 28.8 Å². The van der Waals surface area contributed by atoms with E-state index in [4.69, 9.17) is 4.74 Å². The molecular formula is C20H18N4O3. The number of ether oxygens (including phenoxy) is 1. The number of hydrogen-bond donors (Lipinski definition) is 1. The molecule has 0 atom stereocenters. The lowest BCUT2D eigenvalue weighted by Gasteiger charge is -2.14. The summed E-state index contributed by atoms with van der Waals surface area (Å²) in [5.41, 5.74) is 1.32. The van der Waals surface area contributed by atoms with Gasteiger partial charge in [-0.3, -0.25) is 24.4 Å². The van der Waals surface area contributed by atoms with Gasteiger partial charge in [0.15, 0.2) is 0 Å². The quantitative estimate of drug-likeness (QED) is 0.589. The Morgan fingerprint density at radius 2 is 1.85 bits per heavy atom. The van der Waals surface area contributed by atoms with Gasteiger partial charge in [-0.05, 0) is 24.3 Å². The van der Waals surface area contributed by atoms with Gasteiger partial charge in [0.25, 0.3) is 11.1 Å². The summed E-state index contributed by atoms with van der Waals surface area (Å²) in [6, 6.07) is 16.2. The molecule has 3 heterocycles. The van der Waals surface area contributed by atoms with Gasteiger partial charge in [-0.2, -0.15) is 0 Å². The standard InChI is InChI=1S/C20H18N4O3/c1-23-20(26)19-16(22-23)11-18(25)24(12-14-7-5-6-10-21-14)17(19)13-27-15-8-3-2-4-9-15/h2-11,22H,12-13H2,1H3. The van der Waals surface area contributed by atoms with Crippen molar-refractivity contribution < 1.29 is 4.74 Å². The molecule has 1 N–H and O–H groups in total. The fraction of sp³-hybridized carbons (Fsp3) is 0.150. The Hall–Kier alpha value is -3.61. The third-order valence-electron chi connectivity index (χ3n) is 4.39. The molecule has 7 heteroatoms. The summed E-state index contributed by atoms with van der Waals surface area (Å²) in [6.45, 7) is 0.355. The number of aryl methyl sites for hydroxylation is 1. The highest BCUT2D eigenvalue weighted by molar-refractivity contribution is 5.80. The number of para-hydroxylation sites is 1. The van der Waals surface area contributed by atoms with Gasteiger partial charge in [-0.15, -0.1) is 0 Å². The molecular weight excluding hydrogens is 344 g/mol. The van der Waals surface area contributed by atoms with Gasteiger partial charge in [0.2, 0.25) is 0 Å². The molecule has 136 valence electrons. The van der Waals surface area contributed by atoms with E-state index < -0.39 is 0 Å². The Balaban J connectivity index is 1.84. The third kappa shape index (κ3) is 3.27. The molecule has 1 aromatic carbocycles. The Morgan fingerprint density at radius 3 is 2.59 bits per heavy atom. The van der Waals surface area contributed by atoms with Gasteiger partial charge in [0.1, 0.15) is 12.4 Å². The van der Waals surface area contributed by atoms with Crippen molar-refractivity contribution in [2.45, 2.75) is 13.2 Å². The first-order chi connectivity index (χ1) is 13.1. The molecule has 0 aliphatic heterocycles. The van der Waals surface area contributed by atoms with E-state index in [1.54, 1.807) is 17.8 Å². The van der Waals surface area contributed by atoms with E-state index in [-0.39, 0.29) is 24.3 Å². The number of hydrogen-bond acceptors (Lipinski definition) is 4. The van der Waals surface area contributed by atoms with Crippen molar-refractivity contribution in [2.24, 2.45) is 7.05 Å². The zero-order valence-electron chi connectivity index (χ0n) is 14.8. The molecule has 0 aliphatic rings. The summed E-state index contributed by atoms with van der Waals surface area (Å²) in [5.74, 6) is 0.665. The van der Waals surface area contributed by atoms with E-state index in [9.17, 15) is 9.59 Å². The number of aromatic nitrogens is 4. The molecule has 4 rings (SSSR count). The van der Waals surface area contributed by atoms with E-state index in [0.29, 0.717) is 22.3 Å². The van der Waals surface area contributed by atoms with Crippen LogP contribution in [-0.4, -0.2) is 19.3 Å². The molecule has 0 spiro atoms. The van der Waals surface area contributed by atoms with E-state index in [2.05, 4.69) is 10.1 Å². The average molecular weight is 362 g/mol. The second-order valence-corrected chi connectivity index (χ2v) is 6.20. The molecule has 0 amide bonds. The minimum atomic E-state index is -0.221. The summed E-state index contributed by atoms with van der Waals surface area (Å²) >= 11 is 0. The number of nitrogens with zero attached hydrogens (tertiary/aromatic N) is 3. The highest BCUT2D eigenvalue weighted by Crippen LogP contribution is 2.17. The summed E-state index contributed by atoms with van der Waals surface area (Å²) in [7, 11) is 1.62. The molecule has 7 nitrogen and oxygen atoms in total. The first kappa shape index (κ1) is 16.8. The Labute approximate surface area is 154 Å². The molecule has 0 fully saturated rings. The van der Waals surface area contributed by atoms with Crippen molar-refractivity contribution in [3.63, 3.8) is 0 Å². The Bertz CT molecular complexity index is 1190. The summed E-state index contributed by atoms with van der Waals surface area (Å²) in [6.07, 6.45) is 1.67. The molecule has 0 radical (unpaired) electrons. The zero-order chi connectivity index (χ0) is 18.8. The minimum Gasteiger partial charge on any atom is -0.487 e. The van der Waals surface area contributed by atoms with Gasteiger partial charge in [-0.1, -0.05) is 24.3 Å². The lowest BCUT2D eigenvalue weighted by molar-refractivity contribution is 0.295. The van der Waals surface area contributed by atoms with Crippen molar-refractivity contribution in [2.75, 3.05) is 0 Å². The number of H-pyrrole nitrogens is 1. The van der Waals surface area contributed by atoms with Crippen molar-refractivity contribution in [3.05, 3.63) is 92.9 Å². The zero-order valence-corrected chi connectivity index (χ0v) is 14.8. The van der Waals surface area contributed by atoms with Crippen molar-refractivity contribution in [1.82, 2.24) is 19.3 Å². The van der Waals surface area contributed by atoms with Crippen molar-refractivity contribution >= 4 is 10.9 Å². The maximum atomic E-state index is 12.7. The van der Waals surface area contributed by atoms with Gasteiger partial charge >= 0.3 is 0 Å². The second-order valence-electron chi connectivity index (χ2n) is 6.20. The van der Waals surface area contributed by atoms with Crippen molar-refractivity contribution in [3.8, 4) is 5.75 Å². The number of benzene rings is 1. The molecule has 0 saturated carbocycles. The van der Waals surface area contributed by atoms with Crippen LogP contribution in [0.2, 0.25) is 0 Å². The van der Waals surface area contributed by atoms with E-state index >= 15 is 0 Å². The van der Waals surface area contributed by atoms with E-state index in [0.717, 1.165) is 5.69 Å². The lowest BCUT2D eigenvalue weighted by atomic mass is 10.2. The monoisotopic (exact) mass is 362 g/mol. The van der Waals surface area contributed by atoms with Crippen LogP contribution in [0, 0.1) is 0 Å². The molecule has 3 aromatic heterocycles. The predicted molar refractivity (Wildman–Crippen MR) is 102 cm³/mol. The van der Waals surface area contributed by atoms with E-state index in [1.807, 2.05) is 48.5 Å². The smallest absolute Gasteiger partial charge is 0.276 e. The SMILES string of the molecule is Cn1[nH]c2cc(=O)n(Cc3ccccn3)c(COc3ccccc3)c2c1=O. The van der Waals surface area contributed by atoms with Crippen LogP contribution in [0.5, 0.6) is 5.75 Å². The number of rotatable bonds is 5. The second kappa shape index (κ2) is 6.95. The highest BCUT2D eigenvalue weighted by atomic mass is 16.5. The fourth-order valence-electron chi connectivity index (χ4n) is 3.07. The number of pyridine rings is 2. The van der Waals surface area contributed by atoms with Crippen LogP contribution in [0.25, 0.3) is 10.9 Å². The molecule has 0 saturated heterocycles. The Kier molecular flexibility index (Phi) is 4.33. The first-order valence-corrected chi connectivity index (χ1v) is 8.52. The third-order valence-corrected chi connectivity index (χ3v) is 4.39. The average Bonchev–Trinajstić information content (AvgIpc) is 2.97. The number of fused-ring (bicyclic) bond motifs is 1. The van der Waals surface area contributed by atoms with Crippen LogP contribution in [0.1, 0.15) is 11.4 Å². The predicted octanol–water partition coefficient (Wildman–Crippen LogP) is 2.05. The summed E-state index contributed by atoms with van der Waals surface area (Å²) < 4.78 is 8.76. The van der Waals surface area contributed by atoms with E-state index in [1.165, 1.54) is 10.7 Å². The van der Waals surface area contributed by atoms with Crippen LogP contribution in [0.15, 0.2) is 70.4 Å². The molecule has 4 aromatic rings. The van der Waals surface area contributed by atoms with Crippen molar-refractivity contribution in [1.29, 1.82) is 0 Å². The fourth-order valence-corrected chi connectivity index (χ4v) is 3.07. The maximum Gasteiger partial charge on any atom is 0.276 e. The molecule has 0 bridgehead atoms. The highest BCUT2D eigenvalue weighted by Gasteiger charge is 2.17. The maximum absolute atomic E-state index is 12.7. The first-order valence-electron chi connectivity index (χ1n) is 8.52. The molecule has 0 unspecified atom stereocenters. The van der Waals surface area contributed by atoms with Crippen LogP contribution in [0.4, 0.5) is 0 Å². The largest absolute Gasteiger partial charge is 0.487 e. The minimum absolute atomic E-state index is 0.0938. The summed E-state index contributed by atoms with van der Waals surface area (Å²) in [5, 5.41) is 3.36. The van der Waals surface area contributed by atoms with Crippen LogP contribution in [-0.2, 0) is 20.2 Å². The normalized spacial score (nSPS) is 11.0. The number of aromatic amines is 1. The summed E-state index contributed by atoms with van der Waals surface area (Å²) in [4.78, 5) is 29.7. The van der Waals surface area contributed by atoms with Gasteiger partial charge in [-0.25, -0.2) is 0 Å². The van der Waals surface area contributed by atoms with Gasteiger partial charge < -0.3 is 9.30 Å². The topological polar surface area (TPSA) is 81.9 Å². The van der Waals surface area contributed by atoms with Crippen LogP contribution < -0.4 is 15.9 Å². The Morgan fingerprint density at radius 1 is 1.07 bits per heavy atom. The molecule has 27 heavy (non-hydrogen) atoms. The lowest BCUT2D eigenvalue weighted by Crippen LogP contribution is -2.26. The number of nitrogens with one attached hydrogen (secondary N) is 1. The van der Waals surface area contributed by atoms with Gasteiger partial charge in [0, 0.05) is 19.3 Å². The molecule has 0 aliphatic carbocycles.